The number of carbonyl (C=O) groups excluding carboxylic acids is 2. The predicted octanol–water partition coefficient (Wildman–Crippen LogP) is 5.93. The number of sulfonamides is 1. The summed E-state index contributed by atoms with van der Waals surface area (Å²) in [6.07, 6.45) is 0.251. The van der Waals surface area contributed by atoms with Crippen molar-refractivity contribution in [3.05, 3.63) is 130 Å². The van der Waals surface area contributed by atoms with Gasteiger partial charge in [-0.2, -0.15) is 0 Å². The van der Waals surface area contributed by atoms with Crippen LogP contribution in [0.1, 0.15) is 29.2 Å². The number of hydrogen-bond donors (Lipinski definition) is 1. The molecule has 0 spiro atoms. The Kier molecular flexibility index (Phi) is 10.6. The van der Waals surface area contributed by atoms with Gasteiger partial charge in [0, 0.05) is 24.5 Å². The number of nitrogens with zero attached hydrogens (tertiary/aromatic N) is 2. The fraction of sp³-hybridized carbons (Fsp3) is 0.235. The van der Waals surface area contributed by atoms with Gasteiger partial charge in [-0.25, -0.2) is 8.42 Å². The zero-order chi connectivity index (χ0) is 31.0. The topological polar surface area (TPSA) is 86.8 Å². The van der Waals surface area contributed by atoms with Crippen molar-refractivity contribution in [3.63, 3.8) is 0 Å². The first-order chi connectivity index (χ1) is 20.6. The highest BCUT2D eigenvalue weighted by Gasteiger charge is 2.34. The average Bonchev–Trinajstić information content (AvgIpc) is 3.00. The number of amides is 2. The maximum absolute atomic E-state index is 14.4. The van der Waals surface area contributed by atoms with Crippen LogP contribution in [-0.2, 0) is 32.6 Å². The van der Waals surface area contributed by atoms with E-state index in [9.17, 15) is 18.0 Å². The molecule has 4 aromatic rings. The van der Waals surface area contributed by atoms with Crippen LogP contribution in [-0.4, -0.2) is 44.3 Å². The van der Waals surface area contributed by atoms with Crippen molar-refractivity contribution in [3.8, 4) is 0 Å². The minimum absolute atomic E-state index is 0.0697. The quantitative estimate of drug-likeness (QED) is 0.214. The average molecular weight is 618 g/mol. The molecule has 4 aromatic carbocycles. The van der Waals surface area contributed by atoms with Crippen LogP contribution in [0.5, 0.6) is 0 Å². The maximum atomic E-state index is 14.4. The van der Waals surface area contributed by atoms with Gasteiger partial charge in [-0.1, -0.05) is 89.5 Å². The zero-order valence-corrected chi connectivity index (χ0v) is 26.1. The fourth-order valence-electron chi connectivity index (χ4n) is 4.71. The van der Waals surface area contributed by atoms with Gasteiger partial charge in [0.1, 0.15) is 12.6 Å². The molecule has 1 N–H and O–H groups in total. The Hall–Kier alpha value is -4.14. The summed E-state index contributed by atoms with van der Waals surface area (Å²) in [6.45, 7) is 5.55. The number of anilines is 1. The molecule has 4 rings (SSSR count). The van der Waals surface area contributed by atoms with Crippen molar-refractivity contribution >= 4 is 39.1 Å². The molecule has 9 heteroatoms. The highest BCUT2D eigenvalue weighted by atomic mass is 35.5. The molecule has 1 unspecified atom stereocenters. The Labute approximate surface area is 259 Å². The van der Waals surface area contributed by atoms with Crippen molar-refractivity contribution in [2.75, 3.05) is 17.4 Å². The lowest BCUT2D eigenvalue weighted by molar-refractivity contribution is -0.140. The second-order valence-corrected chi connectivity index (χ2v) is 12.7. The highest BCUT2D eigenvalue weighted by molar-refractivity contribution is 7.92. The molecule has 2 amide bonds. The second kappa shape index (κ2) is 14.4. The minimum atomic E-state index is -4.14. The Morgan fingerprint density at radius 1 is 0.791 bits per heavy atom. The van der Waals surface area contributed by atoms with E-state index in [1.165, 1.54) is 17.0 Å². The van der Waals surface area contributed by atoms with Crippen LogP contribution in [0.25, 0.3) is 0 Å². The van der Waals surface area contributed by atoms with E-state index in [-0.39, 0.29) is 23.8 Å². The summed E-state index contributed by atoms with van der Waals surface area (Å²) in [5.41, 5.74) is 3.84. The van der Waals surface area contributed by atoms with Crippen molar-refractivity contribution in [1.29, 1.82) is 0 Å². The summed E-state index contributed by atoms with van der Waals surface area (Å²) in [7, 11) is -4.14. The Morgan fingerprint density at radius 2 is 1.37 bits per heavy atom. The molecule has 0 bridgehead atoms. The van der Waals surface area contributed by atoms with E-state index in [1.54, 1.807) is 60.7 Å². The van der Waals surface area contributed by atoms with Gasteiger partial charge in [0.2, 0.25) is 11.8 Å². The molecule has 0 fully saturated rings. The predicted molar refractivity (Wildman–Crippen MR) is 172 cm³/mol. The summed E-state index contributed by atoms with van der Waals surface area (Å²) in [5.74, 6) is -0.838. The van der Waals surface area contributed by atoms with Gasteiger partial charge in [-0.15, -0.1) is 0 Å². The first kappa shape index (κ1) is 31.8. The molecule has 43 heavy (non-hydrogen) atoms. The fourth-order valence-corrected chi connectivity index (χ4v) is 6.25. The van der Waals surface area contributed by atoms with Crippen molar-refractivity contribution in [2.45, 2.75) is 44.7 Å². The number of nitrogens with one attached hydrogen (secondary N) is 1. The number of rotatable bonds is 12. The van der Waals surface area contributed by atoms with Gasteiger partial charge >= 0.3 is 0 Å². The van der Waals surface area contributed by atoms with Gasteiger partial charge in [-0.3, -0.25) is 13.9 Å². The molecule has 0 aliphatic rings. The SMILES string of the molecule is CCNC(=O)C(Cc1ccccc1)N(Cc1ccc(Cl)cc1)C(=O)CN(c1ccc(C)cc1)S(=O)(=O)c1ccc(C)cc1. The Balaban J connectivity index is 1.78. The number of likely N-dealkylation sites (N-methyl/N-ethyl adjacent to an activating group) is 1. The van der Waals surface area contributed by atoms with Gasteiger partial charge in [-0.05, 0) is 68.3 Å². The summed E-state index contributed by atoms with van der Waals surface area (Å²) in [5, 5.41) is 3.41. The molecule has 0 radical (unpaired) electrons. The molecule has 0 saturated carbocycles. The van der Waals surface area contributed by atoms with E-state index in [4.69, 9.17) is 11.6 Å². The number of aryl methyl sites for hydroxylation is 2. The summed E-state index contributed by atoms with van der Waals surface area (Å²) >= 11 is 6.12. The van der Waals surface area contributed by atoms with Crippen molar-refractivity contribution < 1.29 is 18.0 Å². The minimum Gasteiger partial charge on any atom is -0.355 e. The van der Waals surface area contributed by atoms with Crippen molar-refractivity contribution in [2.24, 2.45) is 0 Å². The van der Waals surface area contributed by atoms with Crippen LogP contribution in [0.4, 0.5) is 5.69 Å². The Morgan fingerprint density at radius 3 is 1.95 bits per heavy atom. The van der Waals surface area contributed by atoms with E-state index >= 15 is 0 Å². The van der Waals surface area contributed by atoms with E-state index in [0.29, 0.717) is 17.3 Å². The third-order valence-corrected chi connectivity index (χ3v) is 9.14. The van der Waals surface area contributed by atoms with Crippen LogP contribution < -0.4 is 9.62 Å². The standard InChI is InChI=1S/C34H36ClN3O4S/c1-4-36-34(40)32(22-27-8-6-5-7-9-27)37(23-28-14-16-29(35)17-15-28)33(39)24-38(30-18-10-25(2)11-19-30)43(41,42)31-20-12-26(3)13-21-31/h5-21,32H,4,22-24H2,1-3H3,(H,36,40). The van der Waals surface area contributed by atoms with Crippen LogP contribution >= 0.6 is 11.6 Å². The van der Waals surface area contributed by atoms with Gasteiger partial charge in [0.15, 0.2) is 0 Å². The Bertz CT molecular complexity index is 1630. The number of benzene rings is 4. The van der Waals surface area contributed by atoms with E-state index in [1.807, 2.05) is 51.1 Å². The highest BCUT2D eigenvalue weighted by Crippen LogP contribution is 2.26. The third-order valence-electron chi connectivity index (χ3n) is 7.10. The number of carbonyl (C=O) groups is 2. The molecular formula is C34H36ClN3O4S. The molecule has 0 aromatic heterocycles. The van der Waals surface area contributed by atoms with Crippen LogP contribution in [0.3, 0.4) is 0 Å². The van der Waals surface area contributed by atoms with Crippen molar-refractivity contribution in [1.82, 2.24) is 10.2 Å². The van der Waals surface area contributed by atoms with Crippen LogP contribution in [0, 0.1) is 13.8 Å². The summed E-state index contributed by atoms with van der Waals surface area (Å²) in [6, 6.07) is 29.1. The first-order valence-corrected chi connectivity index (χ1v) is 15.9. The maximum Gasteiger partial charge on any atom is 0.264 e. The first-order valence-electron chi connectivity index (χ1n) is 14.1. The zero-order valence-electron chi connectivity index (χ0n) is 24.5. The van der Waals surface area contributed by atoms with Crippen LogP contribution in [0.2, 0.25) is 5.02 Å². The molecule has 7 nitrogen and oxygen atoms in total. The summed E-state index contributed by atoms with van der Waals surface area (Å²) < 4.78 is 29.2. The van der Waals surface area contributed by atoms with Gasteiger partial charge in [0.25, 0.3) is 10.0 Å². The van der Waals surface area contributed by atoms with E-state index in [0.717, 1.165) is 26.6 Å². The number of halogens is 1. The molecule has 1 atom stereocenters. The molecule has 0 saturated heterocycles. The van der Waals surface area contributed by atoms with E-state index in [2.05, 4.69) is 5.32 Å². The van der Waals surface area contributed by atoms with Gasteiger partial charge in [0.05, 0.1) is 10.6 Å². The molecule has 0 heterocycles. The van der Waals surface area contributed by atoms with Crippen LogP contribution in [0.15, 0.2) is 108 Å². The largest absolute Gasteiger partial charge is 0.355 e. The monoisotopic (exact) mass is 617 g/mol. The number of hydrogen-bond acceptors (Lipinski definition) is 4. The smallest absolute Gasteiger partial charge is 0.264 e. The van der Waals surface area contributed by atoms with Gasteiger partial charge < -0.3 is 10.2 Å². The lowest BCUT2D eigenvalue weighted by Crippen LogP contribution is -2.53. The normalized spacial score (nSPS) is 11.9. The molecule has 224 valence electrons. The third kappa shape index (κ3) is 8.24. The summed E-state index contributed by atoms with van der Waals surface area (Å²) in [4.78, 5) is 29.4. The van der Waals surface area contributed by atoms with E-state index < -0.39 is 28.5 Å². The molecular weight excluding hydrogens is 582 g/mol. The lowest BCUT2D eigenvalue weighted by Gasteiger charge is -2.34. The molecule has 0 aliphatic carbocycles. The lowest BCUT2D eigenvalue weighted by atomic mass is 10.0. The molecule has 0 aliphatic heterocycles. The second-order valence-electron chi connectivity index (χ2n) is 10.4.